The van der Waals surface area contributed by atoms with E-state index in [0.29, 0.717) is 0 Å². The molecule has 0 nitrogen and oxygen atoms in total. The maximum Gasteiger partial charge on any atom is 0.0875 e. The van der Waals surface area contributed by atoms with Crippen LogP contribution in [0.25, 0.3) is 0 Å². The average molecular weight is 488 g/mol. The van der Waals surface area contributed by atoms with E-state index in [4.69, 9.17) is 0 Å². The van der Waals surface area contributed by atoms with Crippen LogP contribution >= 0.6 is 0 Å². The van der Waals surface area contributed by atoms with Crippen molar-refractivity contribution >= 4 is 0 Å². The zero-order valence-corrected chi connectivity index (χ0v) is 23.3. The molecule has 4 aliphatic carbocycles. The molecule has 0 radical (unpaired) electrons. The van der Waals surface area contributed by atoms with Crippen molar-refractivity contribution in [3.05, 3.63) is 78.7 Å². The van der Waals surface area contributed by atoms with Crippen molar-refractivity contribution in [1.29, 1.82) is 0 Å². The van der Waals surface area contributed by atoms with E-state index >= 15 is 0 Å². The van der Waals surface area contributed by atoms with Gasteiger partial charge in [-0.05, 0) is 55.4 Å². The van der Waals surface area contributed by atoms with Crippen LogP contribution in [-0.2, 0) is 0 Å². The minimum atomic E-state index is 0.861. The normalized spacial score (nSPS) is 21.2. The summed E-state index contributed by atoms with van der Waals surface area (Å²) in [7, 11) is 0. The van der Waals surface area contributed by atoms with Crippen LogP contribution in [0.1, 0.15) is 140 Å². The van der Waals surface area contributed by atoms with Gasteiger partial charge in [-0.15, -0.1) is 0 Å². The van der Waals surface area contributed by atoms with Crippen LogP contribution in [0.5, 0.6) is 0 Å². The minimum Gasteiger partial charge on any atom is -0.0623 e. The molecule has 6 rings (SSSR count). The molecule has 0 bridgehead atoms. The molecule has 0 N–H and O–H groups in total. The van der Waals surface area contributed by atoms with Crippen molar-refractivity contribution in [3.63, 3.8) is 0 Å². The lowest BCUT2D eigenvalue weighted by Gasteiger charge is -2.32. The third-order valence-electron chi connectivity index (χ3n) is 8.83. The summed E-state index contributed by atoms with van der Waals surface area (Å²) in [4.78, 5) is 0. The first-order valence-electron chi connectivity index (χ1n) is 15.8. The van der Waals surface area contributed by atoms with Crippen LogP contribution < -0.4 is 0 Å². The van der Waals surface area contributed by atoms with Gasteiger partial charge in [0.2, 0.25) is 0 Å². The maximum atomic E-state index is 2.39. The number of hydrogen-bond acceptors (Lipinski definition) is 0. The van der Waals surface area contributed by atoms with Gasteiger partial charge in [-0.3, -0.25) is 0 Å². The maximum absolute atomic E-state index is 2.39. The van der Waals surface area contributed by atoms with Gasteiger partial charge in [0.1, 0.15) is 0 Å². The predicted molar refractivity (Wildman–Crippen MR) is 159 cm³/mol. The van der Waals surface area contributed by atoms with Crippen molar-refractivity contribution in [3.8, 4) is 0 Å². The van der Waals surface area contributed by atoms with Crippen LogP contribution in [0.3, 0.4) is 0 Å². The second-order valence-corrected chi connectivity index (χ2v) is 11.6. The van der Waals surface area contributed by atoms with Gasteiger partial charge in [0.05, 0.1) is 19.3 Å². The summed E-state index contributed by atoms with van der Waals surface area (Å²) in [6.45, 7) is 0. The van der Waals surface area contributed by atoms with E-state index in [9.17, 15) is 0 Å². The lowest BCUT2D eigenvalue weighted by molar-refractivity contribution is 0.196. The summed E-state index contributed by atoms with van der Waals surface area (Å²) in [6.07, 6.45) is 32.0. The molecule has 4 saturated carbocycles. The van der Waals surface area contributed by atoms with Crippen LogP contribution in [0, 0.1) is 18.3 Å². The molecule has 2 aromatic carbocycles. The molecule has 0 heterocycles. The SMILES string of the molecule is C1CCC(C2CCCCC2)CC1.[CH+]1CCCCC1.c1ccc(C2CCCCC2)cc1.c1ccccc1. The molecule has 0 amide bonds. The minimum absolute atomic E-state index is 0.861. The molecule has 0 heteroatoms. The van der Waals surface area contributed by atoms with Gasteiger partial charge in [0, 0.05) is 0 Å². The Labute approximate surface area is 224 Å². The van der Waals surface area contributed by atoms with Gasteiger partial charge in [-0.2, -0.15) is 0 Å². The molecule has 2 aromatic rings. The quantitative estimate of drug-likeness (QED) is 0.369. The highest BCUT2D eigenvalue weighted by Gasteiger charge is 2.24. The highest BCUT2D eigenvalue weighted by atomic mass is 14.3. The third kappa shape index (κ3) is 12.5. The lowest BCUT2D eigenvalue weighted by Crippen LogP contribution is -2.20. The molecular formula is C36H55+. The first kappa shape index (κ1) is 28.9. The first-order valence-corrected chi connectivity index (χ1v) is 15.8. The molecule has 4 fully saturated rings. The van der Waals surface area contributed by atoms with E-state index in [-0.39, 0.29) is 0 Å². The van der Waals surface area contributed by atoms with Crippen molar-refractivity contribution in [2.45, 2.75) is 134 Å². The molecule has 4 aliphatic rings. The highest BCUT2D eigenvalue weighted by Crippen LogP contribution is 2.38. The Morgan fingerprint density at radius 1 is 0.389 bits per heavy atom. The summed E-state index contributed by atoms with van der Waals surface area (Å²) in [5, 5.41) is 0. The van der Waals surface area contributed by atoms with Gasteiger partial charge in [-0.1, -0.05) is 150 Å². The fourth-order valence-electron chi connectivity index (χ4n) is 6.66. The van der Waals surface area contributed by atoms with Gasteiger partial charge in [0.25, 0.3) is 0 Å². The van der Waals surface area contributed by atoms with Gasteiger partial charge in [-0.25, -0.2) is 0 Å². The monoisotopic (exact) mass is 487 g/mol. The van der Waals surface area contributed by atoms with E-state index in [0.717, 1.165) is 17.8 Å². The smallest absolute Gasteiger partial charge is 0.0623 e. The highest BCUT2D eigenvalue weighted by molar-refractivity contribution is 5.19. The molecule has 0 saturated heterocycles. The molecule has 0 unspecified atom stereocenters. The van der Waals surface area contributed by atoms with Gasteiger partial charge in [0.15, 0.2) is 0 Å². The van der Waals surface area contributed by atoms with Gasteiger partial charge >= 0.3 is 0 Å². The lowest BCUT2D eigenvalue weighted by atomic mass is 9.73. The van der Waals surface area contributed by atoms with Crippen LogP contribution in [0.15, 0.2) is 66.7 Å². The number of hydrogen-bond donors (Lipinski definition) is 0. The van der Waals surface area contributed by atoms with Crippen LogP contribution in [-0.4, -0.2) is 0 Å². The summed E-state index contributed by atoms with van der Waals surface area (Å²) in [5.74, 6) is 3.14. The third-order valence-corrected chi connectivity index (χ3v) is 8.83. The Morgan fingerprint density at radius 2 is 0.750 bits per heavy atom. The number of rotatable bonds is 2. The average Bonchev–Trinajstić information content (AvgIpc) is 3.02. The van der Waals surface area contributed by atoms with Crippen molar-refractivity contribution in [1.82, 2.24) is 0 Å². The number of benzene rings is 2. The summed E-state index contributed by atoms with van der Waals surface area (Å²) < 4.78 is 0. The van der Waals surface area contributed by atoms with E-state index in [2.05, 4.69) is 36.8 Å². The Balaban J connectivity index is 0.000000141. The fourth-order valence-corrected chi connectivity index (χ4v) is 6.66. The fraction of sp³-hybridized carbons (Fsp3) is 0.639. The Kier molecular flexibility index (Phi) is 15.6. The summed E-state index contributed by atoms with van der Waals surface area (Å²) in [6, 6.07) is 23.0. The van der Waals surface area contributed by atoms with E-state index in [1.807, 2.05) is 36.4 Å². The summed E-state index contributed by atoms with van der Waals surface area (Å²) in [5.41, 5.74) is 1.55. The molecule has 198 valence electrons. The van der Waals surface area contributed by atoms with E-state index in [1.54, 1.807) is 31.2 Å². The Morgan fingerprint density at radius 3 is 1.11 bits per heavy atom. The van der Waals surface area contributed by atoms with Crippen LogP contribution in [0.2, 0.25) is 0 Å². The second kappa shape index (κ2) is 19.4. The zero-order valence-electron chi connectivity index (χ0n) is 23.3. The predicted octanol–water partition coefficient (Wildman–Crippen LogP) is 11.7. The van der Waals surface area contributed by atoms with E-state index < -0.39 is 0 Å². The Hall–Kier alpha value is -1.69. The Bertz CT molecular complexity index is 644. The standard InChI is InChI=1S/C12H22.C12H16.C6H11.C6H6/c2*1-3-7-11(8-4-1)12-9-5-2-6-10-12;2*1-2-4-6-5-3-1/h11-12H,1-10H2;1,3-4,7-8,12H,2,5-6,9-10H2;1H,2-6H2;1-6H/q;;+1;. The molecule has 0 atom stereocenters. The molecule has 36 heavy (non-hydrogen) atoms. The van der Waals surface area contributed by atoms with Crippen molar-refractivity contribution in [2.24, 2.45) is 11.8 Å². The topological polar surface area (TPSA) is 0 Å². The molecule has 0 aliphatic heterocycles. The largest absolute Gasteiger partial charge is 0.0875 e. The zero-order chi connectivity index (χ0) is 24.9. The van der Waals surface area contributed by atoms with Crippen molar-refractivity contribution < 1.29 is 0 Å². The molecular weight excluding hydrogens is 432 g/mol. The first-order chi connectivity index (χ1) is 17.9. The summed E-state index contributed by atoms with van der Waals surface area (Å²) >= 11 is 0. The van der Waals surface area contributed by atoms with Crippen molar-refractivity contribution in [2.75, 3.05) is 0 Å². The van der Waals surface area contributed by atoms with Crippen LogP contribution in [0.4, 0.5) is 0 Å². The van der Waals surface area contributed by atoms with E-state index in [1.165, 1.54) is 103 Å². The molecule has 0 spiro atoms. The molecule has 0 aromatic heterocycles. The second-order valence-electron chi connectivity index (χ2n) is 11.6. The van der Waals surface area contributed by atoms with Gasteiger partial charge < -0.3 is 0 Å².